The third kappa shape index (κ3) is 4.09. The molecule has 2 fully saturated rings. The summed E-state index contributed by atoms with van der Waals surface area (Å²) in [6.07, 6.45) is 7.82. The first-order chi connectivity index (χ1) is 12.4. The van der Waals surface area contributed by atoms with Crippen LogP contribution in [-0.4, -0.2) is 25.2 Å². The summed E-state index contributed by atoms with van der Waals surface area (Å²) in [4.78, 5) is 2.52. The molecule has 0 spiro atoms. The van der Waals surface area contributed by atoms with Crippen LogP contribution < -0.4 is 15.0 Å². The molecule has 2 aromatic carbocycles. The molecule has 4 rings (SSSR count). The summed E-state index contributed by atoms with van der Waals surface area (Å²) in [5.41, 5.74) is 2.66. The fourth-order valence-electron chi connectivity index (χ4n) is 4.07. The van der Waals surface area contributed by atoms with E-state index in [2.05, 4.69) is 34.5 Å². The van der Waals surface area contributed by atoms with Crippen LogP contribution in [0.15, 0.2) is 54.6 Å². The van der Waals surface area contributed by atoms with Gasteiger partial charge in [-0.05, 0) is 37.1 Å². The Hall–Kier alpha value is -2.16. The molecule has 0 radical (unpaired) electrons. The van der Waals surface area contributed by atoms with Gasteiger partial charge in [0, 0.05) is 32.0 Å². The molecule has 1 heterocycles. The predicted molar refractivity (Wildman–Crippen MR) is 105 cm³/mol. The number of rotatable bonds is 5. The Morgan fingerprint density at radius 1 is 0.800 bits per heavy atom. The third-order valence-corrected chi connectivity index (χ3v) is 5.45. The predicted octanol–water partition coefficient (Wildman–Crippen LogP) is 5.09. The van der Waals surface area contributed by atoms with Gasteiger partial charge in [-0.3, -0.25) is 0 Å². The van der Waals surface area contributed by atoms with Crippen molar-refractivity contribution >= 4 is 11.4 Å². The minimum atomic E-state index is 0.327. The van der Waals surface area contributed by atoms with Crippen LogP contribution in [0.25, 0.3) is 0 Å². The van der Waals surface area contributed by atoms with Crippen LogP contribution in [0.2, 0.25) is 0 Å². The first kappa shape index (κ1) is 16.3. The highest BCUT2D eigenvalue weighted by Crippen LogP contribution is 2.32. The van der Waals surface area contributed by atoms with Crippen LogP contribution in [-0.2, 0) is 0 Å². The van der Waals surface area contributed by atoms with E-state index in [1.807, 2.05) is 30.3 Å². The number of hydrogen-bond acceptors (Lipinski definition) is 3. The van der Waals surface area contributed by atoms with Crippen LogP contribution in [0.5, 0.6) is 5.75 Å². The van der Waals surface area contributed by atoms with Gasteiger partial charge < -0.3 is 15.0 Å². The highest BCUT2D eigenvalue weighted by atomic mass is 16.5. The Labute approximate surface area is 151 Å². The lowest BCUT2D eigenvalue weighted by Crippen LogP contribution is -2.38. The second kappa shape index (κ2) is 7.81. The van der Waals surface area contributed by atoms with Crippen LogP contribution in [0.4, 0.5) is 11.4 Å². The van der Waals surface area contributed by atoms with E-state index in [9.17, 15) is 0 Å². The van der Waals surface area contributed by atoms with Crippen molar-refractivity contribution in [2.24, 2.45) is 0 Å². The van der Waals surface area contributed by atoms with Crippen molar-refractivity contribution in [3.63, 3.8) is 0 Å². The number of nitrogens with one attached hydrogen (secondary N) is 1. The van der Waals surface area contributed by atoms with Crippen molar-refractivity contribution in [3.8, 4) is 5.75 Å². The lowest BCUT2D eigenvalue weighted by molar-refractivity contribution is 0.171. The van der Waals surface area contributed by atoms with Gasteiger partial charge in [0.1, 0.15) is 11.9 Å². The fraction of sp³-hybridized carbons (Fsp3) is 0.455. The SMILES string of the molecule is c1ccc(OC2CCN(c3ccccc3NC3CCCC3)CC2)cc1. The van der Waals surface area contributed by atoms with Gasteiger partial charge >= 0.3 is 0 Å². The summed E-state index contributed by atoms with van der Waals surface area (Å²) in [5, 5.41) is 3.78. The van der Waals surface area contributed by atoms with Crippen LogP contribution in [0.3, 0.4) is 0 Å². The second-order valence-corrected chi connectivity index (χ2v) is 7.26. The van der Waals surface area contributed by atoms with Crippen molar-refractivity contribution in [2.45, 2.75) is 50.7 Å². The zero-order valence-electron chi connectivity index (χ0n) is 14.9. The Morgan fingerprint density at radius 2 is 1.48 bits per heavy atom. The lowest BCUT2D eigenvalue weighted by atomic mass is 10.1. The van der Waals surface area contributed by atoms with Crippen molar-refractivity contribution in [1.29, 1.82) is 0 Å². The number of anilines is 2. The van der Waals surface area contributed by atoms with Gasteiger partial charge in [-0.1, -0.05) is 43.2 Å². The van der Waals surface area contributed by atoms with Gasteiger partial charge in [-0.2, -0.15) is 0 Å². The molecule has 0 amide bonds. The van der Waals surface area contributed by atoms with Crippen molar-refractivity contribution in [2.75, 3.05) is 23.3 Å². The molecule has 3 heteroatoms. The second-order valence-electron chi connectivity index (χ2n) is 7.26. The minimum Gasteiger partial charge on any atom is -0.490 e. The van der Waals surface area contributed by atoms with E-state index in [0.717, 1.165) is 31.7 Å². The fourth-order valence-corrected chi connectivity index (χ4v) is 4.07. The largest absolute Gasteiger partial charge is 0.490 e. The molecule has 25 heavy (non-hydrogen) atoms. The molecule has 1 saturated carbocycles. The molecule has 0 aromatic heterocycles. The van der Waals surface area contributed by atoms with Gasteiger partial charge in [0.25, 0.3) is 0 Å². The van der Waals surface area contributed by atoms with Crippen LogP contribution >= 0.6 is 0 Å². The van der Waals surface area contributed by atoms with Gasteiger partial charge in [0.05, 0.1) is 11.4 Å². The molecule has 0 unspecified atom stereocenters. The minimum absolute atomic E-state index is 0.327. The monoisotopic (exact) mass is 336 g/mol. The van der Waals surface area contributed by atoms with E-state index in [4.69, 9.17) is 4.74 Å². The van der Waals surface area contributed by atoms with Gasteiger partial charge in [0.2, 0.25) is 0 Å². The number of nitrogens with zero attached hydrogens (tertiary/aromatic N) is 1. The van der Waals surface area contributed by atoms with Gasteiger partial charge in [0.15, 0.2) is 0 Å². The Bertz CT molecular complexity index is 659. The average molecular weight is 336 g/mol. The van der Waals surface area contributed by atoms with E-state index in [-0.39, 0.29) is 0 Å². The van der Waals surface area contributed by atoms with E-state index in [1.54, 1.807) is 0 Å². The summed E-state index contributed by atoms with van der Waals surface area (Å²) >= 11 is 0. The Balaban J connectivity index is 1.37. The standard InChI is InChI=1S/C22H28N2O/c1-2-10-19(11-3-1)25-20-14-16-24(17-15-20)22-13-7-6-12-21(22)23-18-8-4-5-9-18/h1-3,6-7,10-13,18,20,23H,4-5,8-9,14-17H2. The van der Waals surface area contributed by atoms with Gasteiger partial charge in [-0.15, -0.1) is 0 Å². The number of benzene rings is 2. The molecule has 132 valence electrons. The van der Waals surface area contributed by atoms with E-state index in [0.29, 0.717) is 12.1 Å². The molecule has 1 aliphatic carbocycles. The number of ether oxygens (including phenoxy) is 1. The molecular formula is C22H28N2O. The molecule has 0 atom stereocenters. The Morgan fingerprint density at radius 3 is 2.24 bits per heavy atom. The molecular weight excluding hydrogens is 308 g/mol. The maximum Gasteiger partial charge on any atom is 0.119 e. The maximum absolute atomic E-state index is 6.14. The number of hydrogen-bond donors (Lipinski definition) is 1. The van der Waals surface area contributed by atoms with Crippen LogP contribution in [0, 0.1) is 0 Å². The van der Waals surface area contributed by atoms with Crippen molar-refractivity contribution in [1.82, 2.24) is 0 Å². The van der Waals surface area contributed by atoms with Crippen molar-refractivity contribution < 1.29 is 4.74 Å². The quantitative estimate of drug-likeness (QED) is 0.823. The van der Waals surface area contributed by atoms with Crippen LogP contribution in [0.1, 0.15) is 38.5 Å². The molecule has 2 aromatic rings. The highest BCUT2D eigenvalue weighted by molar-refractivity contribution is 5.70. The summed E-state index contributed by atoms with van der Waals surface area (Å²) in [6.45, 7) is 2.11. The molecule has 1 aliphatic heterocycles. The molecule has 0 bridgehead atoms. The van der Waals surface area contributed by atoms with E-state index >= 15 is 0 Å². The zero-order chi connectivity index (χ0) is 16.9. The van der Waals surface area contributed by atoms with Crippen molar-refractivity contribution in [3.05, 3.63) is 54.6 Å². The van der Waals surface area contributed by atoms with Gasteiger partial charge in [-0.25, -0.2) is 0 Å². The molecule has 1 N–H and O–H groups in total. The summed E-state index contributed by atoms with van der Waals surface area (Å²) < 4.78 is 6.14. The van der Waals surface area contributed by atoms with E-state index < -0.39 is 0 Å². The Kier molecular flexibility index (Phi) is 5.10. The average Bonchev–Trinajstić information content (AvgIpc) is 3.17. The lowest BCUT2D eigenvalue weighted by Gasteiger charge is -2.35. The molecule has 1 saturated heterocycles. The number of para-hydroxylation sites is 3. The summed E-state index contributed by atoms with van der Waals surface area (Å²) in [7, 11) is 0. The van der Waals surface area contributed by atoms with E-state index in [1.165, 1.54) is 37.1 Å². The third-order valence-electron chi connectivity index (χ3n) is 5.45. The smallest absolute Gasteiger partial charge is 0.119 e. The first-order valence-corrected chi connectivity index (χ1v) is 9.71. The topological polar surface area (TPSA) is 24.5 Å². The molecule has 2 aliphatic rings. The summed E-state index contributed by atoms with van der Waals surface area (Å²) in [6, 6.07) is 19.7. The normalized spacial score (nSPS) is 19.1. The summed E-state index contributed by atoms with van der Waals surface area (Å²) in [5.74, 6) is 0.990. The number of piperidine rings is 1. The molecule has 3 nitrogen and oxygen atoms in total. The maximum atomic E-state index is 6.14. The zero-order valence-corrected chi connectivity index (χ0v) is 14.9. The highest BCUT2D eigenvalue weighted by Gasteiger charge is 2.23. The first-order valence-electron chi connectivity index (χ1n) is 9.71.